The zero-order chi connectivity index (χ0) is 10.5. The van der Waals surface area contributed by atoms with Gasteiger partial charge in [0.25, 0.3) is 0 Å². The van der Waals surface area contributed by atoms with E-state index in [1.54, 1.807) is 0 Å². The second-order valence-electron chi connectivity index (χ2n) is 2.80. The Morgan fingerprint density at radius 1 is 1.27 bits per heavy atom. The van der Waals surface area contributed by atoms with Crippen LogP contribution in [0.4, 0.5) is 10.8 Å². The molecule has 0 saturated heterocycles. The number of nitrogens with zero attached hydrogens (tertiary/aromatic N) is 2. The van der Waals surface area contributed by atoms with Gasteiger partial charge in [0, 0.05) is 5.69 Å². The van der Waals surface area contributed by atoms with E-state index >= 15 is 0 Å². The molecule has 0 unspecified atom stereocenters. The highest BCUT2D eigenvalue weighted by molar-refractivity contribution is 7.15. The summed E-state index contributed by atoms with van der Waals surface area (Å²) in [6, 6.07) is 9.78. The maximum Gasteiger partial charge on any atom is 0.210 e. The molecule has 2 rings (SSSR count). The number of aromatic nitrogens is 2. The van der Waals surface area contributed by atoms with Crippen LogP contribution in [0.15, 0.2) is 30.3 Å². The van der Waals surface area contributed by atoms with Gasteiger partial charge in [-0.2, -0.15) is 0 Å². The first kappa shape index (κ1) is 10.0. The number of rotatable bonds is 4. The third-order valence-electron chi connectivity index (χ3n) is 1.70. The van der Waals surface area contributed by atoms with Crippen LogP contribution >= 0.6 is 11.3 Å². The maximum absolute atomic E-state index is 4.94. The molecule has 0 spiro atoms. The van der Waals surface area contributed by atoms with Crippen molar-refractivity contribution in [2.24, 2.45) is 5.90 Å². The minimum absolute atomic E-state index is 0.286. The lowest BCUT2D eigenvalue weighted by Gasteiger charge is -1.99. The fourth-order valence-corrected chi connectivity index (χ4v) is 1.76. The second-order valence-corrected chi connectivity index (χ2v) is 3.87. The summed E-state index contributed by atoms with van der Waals surface area (Å²) in [4.78, 5) is 4.47. The molecule has 2 aromatic rings. The van der Waals surface area contributed by atoms with Crippen LogP contribution in [0.5, 0.6) is 0 Å². The van der Waals surface area contributed by atoms with Crippen LogP contribution in [0, 0.1) is 0 Å². The molecule has 6 heteroatoms. The molecule has 0 atom stereocenters. The highest BCUT2D eigenvalue weighted by Crippen LogP contribution is 2.20. The molecule has 0 radical (unpaired) electrons. The maximum atomic E-state index is 4.94. The number of anilines is 2. The largest absolute Gasteiger partial charge is 0.330 e. The van der Waals surface area contributed by atoms with E-state index in [0.717, 1.165) is 15.8 Å². The lowest BCUT2D eigenvalue weighted by molar-refractivity contribution is 0.123. The SMILES string of the molecule is NOCc1nnc(Nc2ccccc2)s1. The average molecular weight is 222 g/mol. The van der Waals surface area contributed by atoms with Crippen molar-refractivity contribution in [3.05, 3.63) is 35.3 Å². The number of benzene rings is 1. The van der Waals surface area contributed by atoms with Crippen molar-refractivity contribution >= 4 is 22.2 Å². The standard InChI is InChI=1S/C9H10N4OS/c10-14-6-8-12-13-9(15-8)11-7-4-2-1-3-5-7/h1-5H,6,10H2,(H,11,13). The van der Waals surface area contributed by atoms with Crippen LogP contribution in [0.2, 0.25) is 0 Å². The lowest BCUT2D eigenvalue weighted by atomic mass is 10.3. The summed E-state index contributed by atoms with van der Waals surface area (Å²) < 4.78 is 0. The Morgan fingerprint density at radius 2 is 2.07 bits per heavy atom. The molecule has 5 nitrogen and oxygen atoms in total. The van der Waals surface area contributed by atoms with Gasteiger partial charge in [0.2, 0.25) is 5.13 Å². The number of nitrogens with two attached hydrogens (primary N) is 1. The summed E-state index contributed by atoms with van der Waals surface area (Å²) in [6.07, 6.45) is 0. The molecule has 0 amide bonds. The quantitative estimate of drug-likeness (QED) is 0.770. The average Bonchev–Trinajstić information content (AvgIpc) is 2.68. The fraction of sp³-hybridized carbons (Fsp3) is 0.111. The van der Waals surface area contributed by atoms with E-state index in [9.17, 15) is 0 Å². The number of hydrogen-bond acceptors (Lipinski definition) is 6. The van der Waals surface area contributed by atoms with Gasteiger partial charge in [0.1, 0.15) is 11.6 Å². The summed E-state index contributed by atoms with van der Waals surface area (Å²) in [6.45, 7) is 0.286. The predicted octanol–water partition coefficient (Wildman–Crippen LogP) is 1.67. The second kappa shape index (κ2) is 4.83. The van der Waals surface area contributed by atoms with E-state index in [1.165, 1.54) is 11.3 Å². The molecule has 15 heavy (non-hydrogen) atoms. The molecule has 1 aromatic heterocycles. The number of nitrogens with one attached hydrogen (secondary N) is 1. The van der Waals surface area contributed by atoms with Gasteiger partial charge in [-0.15, -0.1) is 10.2 Å². The Bertz CT molecular complexity index is 417. The monoisotopic (exact) mass is 222 g/mol. The number of hydrogen-bond donors (Lipinski definition) is 2. The normalized spacial score (nSPS) is 10.2. The summed E-state index contributed by atoms with van der Waals surface area (Å²) in [5, 5.41) is 12.5. The summed E-state index contributed by atoms with van der Waals surface area (Å²) in [5.41, 5.74) is 0.980. The smallest absolute Gasteiger partial charge is 0.210 e. The van der Waals surface area contributed by atoms with Crippen molar-refractivity contribution in [1.82, 2.24) is 10.2 Å². The van der Waals surface area contributed by atoms with Crippen LogP contribution in [0.3, 0.4) is 0 Å². The fourth-order valence-electron chi connectivity index (χ4n) is 1.08. The van der Waals surface area contributed by atoms with E-state index in [1.807, 2.05) is 30.3 Å². The Kier molecular flexibility index (Phi) is 3.23. The van der Waals surface area contributed by atoms with Crippen LogP contribution in [-0.4, -0.2) is 10.2 Å². The minimum Gasteiger partial charge on any atom is -0.330 e. The van der Waals surface area contributed by atoms with Crippen molar-refractivity contribution in [3.63, 3.8) is 0 Å². The Balaban J connectivity index is 2.05. The summed E-state index contributed by atoms with van der Waals surface area (Å²) in [7, 11) is 0. The van der Waals surface area contributed by atoms with Crippen LogP contribution in [-0.2, 0) is 11.4 Å². The topological polar surface area (TPSA) is 73.1 Å². The molecule has 3 N–H and O–H groups in total. The van der Waals surface area contributed by atoms with Crippen LogP contribution in [0.1, 0.15) is 5.01 Å². The van der Waals surface area contributed by atoms with Crippen molar-refractivity contribution in [3.8, 4) is 0 Å². The zero-order valence-corrected chi connectivity index (χ0v) is 8.70. The predicted molar refractivity (Wildman–Crippen MR) is 58.6 cm³/mol. The number of para-hydroxylation sites is 1. The lowest BCUT2D eigenvalue weighted by Crippen LogP contribution is -1.97. The van der Waals surface area contributed by atoms with Gasteiger partial charge in [0.05, 0.1) is 0 Å². The van der Waals surface area contributed by atoms with Crippen LogP contribution < -0.4 is 11.2 Å². The van der Waals surface area contributed by atoms with Gasteiger partial charge in [-0.25, -0.2) is 5.90 Å². The molecule has 0 bridgehead atoms. The minimum atomic E-state index is 0.286. The molecule has 1 aromatic carbocycles. The van der Waals surface area contributed by atoms with Gasteiger partial charge >= 0.3 is 0 Å². The zero-order valence-electron chi connectivity index (χ0n) is 7.88. The molecule has 0 aliphatic carbocycles. The third-order valence-corrected chi connectivity index (χ3v) is 2.51. The first-order valence-electron chi connectivity index (χ1n) is 4.34. The molecule has 1 heterocycles. The summed E-state index contributed by atoms with van der Waals surface area (Å²) in [5.74, 6) is 4.94. The first-order valence-corrected chi connectivity index (χ1v) is 5.16. The van der Waals surface area contributed by atoms with Crippen molar-refractivity contribution in [1.29, 1.82) is 0 Å². The molecular weight excluding hydrogens is 212 g/mol. The summed E-state index contributed by atoms with van der Waals surface area (Å²) >= 11 is 1.41. The van der Waals surface area contributed by atoms with E-state index < -0.39 is 0 Å². The third kappa shape index (κ3) is 2.72. The van der Waals surface area contributed by atoms with E-state index in [4.69, 9.17) is 5.90 Å². The Morgan fingerprint density at radius 3 is 2.80 bits per heavy atom. The van der Waals surface area contributed by atoms with Gasteiger partial charge in [-0.3, -0.25) is 4.84 Å². The van der Waals surface area contributed by atoms with Gasteiger partial charge < -0.3 is 5.32 Å². The van der Waals surface area contributed by atoms with Gasteiger partial charge in [-0.05, 0) is 12.1 Å². The van der Waals surface area contributed by atoms with Crippen molar-refractivity contribution in [2.45, 2.75) is 6.61 Å². The highest BCUT2D eigenvalue weighted by atomic mass is 32.1. The molecule has 0 saturated carbocycles. The molecular formula is C9H10N4OS. The van der Waals surface area contributed by atoms with Gasteiger partial charge in [-0.1, -0.05) is 29.5 Å². The molecule has 0 fully saturated rings. The van der Waals surface area contributed by atoms with E-state index in [0.29, 0.717) is 0 Å². The first-order chi connectivity index (χ1) is 7.38. The molecule has 0 aliphatic heterocycles. The molecule has 0 aliphatic rings. The van der Waals surface area contributed by atoms with E-state index in [2.05, 4.69) is 20.4 Å². The van der Waals surface area contributed by atoms with E-state index in [-0.39, 0.29) is 6.61 Å². The van der Waals surface area contributed by atoms with Crippen molar-refractivity contribution < 1.29 is 4.84 Å². The van der Waals surface area contributed by atoms with Crippen LogP contribution in [0.25, 0.3) is 0 Å². The van der Waals surface area contributed by atoms with Gasteiger partial charge in [0.15, 0.2) is 0 Å². The molecule has 78 valence electrons. The highest BCUT2D eigenvalue weighted by Gasteiger charge is 2.03. The Labute approximate surface area is 90.9 Å². The van der Waals surface area contributed by atoms with Crippen molar-refractivity contribution in [2.75, 3.05) is 5.32 Å². The Hall–Kier alpha value is -1.50.